The van der Waals surface area contributed by atoms with Gasteiger partial charge in [0, 0.05) is 29.6 Å². The van der Waals surface area contributed by atoms with Crippen LogP contribution in [0.25, 0.3) is 11.0 Å². The Bertz CT molecular complexity index is 1180. The lowest BCUT2D eigenvalue weighted by Crippen LogP contribution is -2.33. The smallest absolute Gasteiger partial charge is 0.349 e. The zero-order valence-corrected chi connectivity index (χ0v) is 15.5. The second kappa shape index (κ2) is 7.93. The predicted octanol–water partition coefficient (Wildman–Crippen LogP) is 3.06. The van der Waals surface area contributed by atoms with Crippen LogP contribution in [0.3, 0.4) is 0 Å². The van der Waals surface area contributed by atoms with Crippen molar-refractivity contribution in [1.29, 1.82) is 0 Å². The van der Waals surface area contributed by atoms with Crippen molar-refractivity contribution >= 4 is 28.5 Å². The van der Waals surface area contributed by atoms with Crippen molar-refractivity contribution in [3.05, 3.63) is 80.2 Å². The lowest BCUT2D eigenvalue weighted by Gasteiger charge is -2.08. The van der Waals surface area contributed by atoms with Crippen LogP contribution in [0.5, 0.6) is 5.75 Å². The van der Waals surface area contributed by atoms with Crippen molar-refractivity contribution in [2.24, 2.45) is 0 Å². The fraction of sp³-hybridized carbons (Fsp3) is 0.150. The first-order valence-corrected chi connectivity index (χ1v) is 8.60. The molecule has 0 unspecified atom stereocenters. The number of rotatable bonds is 5. The van der Waals surface area contributed by atoms with Gasteiger partial charge in [0.1, 0.15) is 16.9 Å². The molecular weight excluding hydrogens is 380 g/mol. The third-order valence-electron chi connectivity index (χ3n) is 3.88. The average molecular weight is 396 g/mol. The summed E-state index contributed by atoms with van der Waals surface area (Å²) in [6.07, 6.45) is 0. The number of benzene rings is 2. The van der Waals surface area contributed by atoms with Gasteiger partial charge >= 0.3 is 11.6 Å². The van der Waals surface area contributed by atoms with Crippen LogP contribution in [-0.2, 0) is 0 Å². The van der Waals surface area contributed by atoms with Crippen molar-refractivity contribution < 1.29 is 23.7 Å². The minimum absolute atomic E-state index is 0.00135. The van der Waals surface area contributed by atoms with Gasteiger partial charge in [0.15, 0.2) is 0 Å². The van der Waals surface area contributed by atoms with E-state index in [2.05, 4.69) is 5.32 Å². The molecule has 148 valence electrons. The molecule has 0 saturated carbocycles. The average Bonchev–Trinajstić information content (AvgIpc) is 2.66. The second-order valence-corrected chi connectivity index (χ2v) is 6.47. The van der Waals surface area contributed by atoms with Gasteiger partial charge in [0.25, 0.3) is 11.6 Å². The first-order valence-electron chi connectivity index (χ1n) is 8.60. The van der Waals surface area contributed by atoms with E-state index in [9.17, 15) is 24.5 Å². The maximum Gasteiger partial charge on any atom is 0.349 e. The SMILES string of the molecule is CC(C)NC(=O)c1cc2ccc(OC(=O)c3cccc([N+](=O)[O-])c3)cc2oc1=O. The van der Waals surface area contributed by atoms with E-state index in [1.807, 2.05) is 0 Å². The van der Waals surface area contributed by atoms with E-state index in [0.29, 0.717) is 5.39 Å². The molecular formula is C20H16N2O7. The van der Waals surface area contributed by atoms with Crippen LogP contribution in [0.2, 0.25) is 0 Å². The van der Waals surface area contributed by atoms with E-state index in [-0.39, 0.29) is 34.2 Å². The lowest BCUT2D eigenvalue weighted by atomic mass is 10.1. The van der Waals surface area contributed by atoms with Crippen LogP contribution in [0.15, 0.2) is 57.7 Å². The fourth-order valence-electron chi connectivity index (χ4n) is 2.57. The molecule has 0 saturated heterocycles. The highest BCUT2D eigenvalue weighted by Gasteiger charge is 2.16. The van der Waals surface area contributed by atoms with Gasteiger partial charge in [-0.05, 0) is 38.1 Å². The largest absolute Gasteiger partial charge is 0.423 e. The molecule has 1 aromatic heterocycles. The number of ether oxygens (including phenoxy) is 1. The molecule has 9 heteroatoms. The molecule has 0 radical (unpaired) electrons. The molecule has 3 rings (SSSR count). The van der Waals surface area contributed by atoms with E-state index in [1.165, 1.54) is 42.5 Å². The number of carbonyl (C=O) groups excluding carboxylic acids is 2. The van der Waals surface area contributed by atoms with E-state index >= 15 is 0 Å². The van der Waals surface area contributed by atoms with Gasteiger partial charge in [0.2, 0.25) is 0 Å². The monoisotopic (exact) mass is 396 g/mol. The molecule has 1 amide bonds. The Kier molecular flexibility index (Phi) is 5.40. The Morgan fingerprint density at radius 1 is 1.14 bits per heavy atom. The molecule has 0 aliphatic carbocycles. The first kappa shape index (κ1) is 19.7. The highest BCUT2D eigenvalue weighted by molar-refractivity contribution is 5.97. The van der Waals surface area contributed by atoms with Crippen molar-refractivity contribution in [2.45, 2.75) is 19.9 Å². The Morgan fingerprint density at radius 3 is 2.59 bits per heavy atom. The number of hydrogen-bond acceptors (Lipinski definition) is 7. The Balaban J connectivity index is 1.87. The molecule has 3 aromatic rings. The maximum atomic E-state index is 12.2. The quantitative estimate of drug-likeness (QED) is 0.231. The van der Waals surface area contributed by atoms with Crippen LogP contribution in [-0.4, -0.2) is 22.8 Å². The van der Waals surface area contributed by atoms with E-state index in [1.54, 1.807) is 13.8 Å². The Hall–Kier alpha value is -4.01. The van der Waals surface area contributed by atoms with Crippen LogP contribution in [0.4, 0.5) is 5.69 Å². The van der Waals surface area contributed by atoms with Crippen molar-refractivity contribution in [1.82, 2.24) is 5.32 Å². The molecule has 0 fully saturated rings. The standard InChI is InChI=1S/C20H16N2O7/c1-11(2)21-18(23)16-9-12-6-7-15(10-17(12)29-20(16)25)28-19(24)13-4-3-5-14(8-13)22(26)27/h3-11H,1-2H3,(H,21,23). The zero-order valence-electron chi connectivity index (χ0n) is 15.5. The molecule has 2 aromatic carbocycles. The molecule has 0 bridgehead atoms. The molecule has 0 spiro atoms. The van der Waals surface area contributed by atoms with Crippen LogP contribution < -0.4 is 15.7 Å². The number of nitrogens with one attached hydrogen (secondary N) is 1. The summed E-state index contributed by atoms with van der Waals surface area (Å²) in [7, 11) is 0. The molecule has 0 atom stereocenters. The number of non-ortho nitro benzene ring substituents is 1. The summed E-state index contributed by atoms with van der Waals surface area (Å²) in [6, 6.07) is 10.7. The number of fused-ring (bicyclic) bond motifs is 1. The Morgan fingerprint density at radius 2 is 1.90 bits per heavy atom. The number of nitro benzene ring substituents is 1. The van der Waals surface area contributed by atoms with E-state index < -0.39 is 22.4 Å². The first-order chi connectivity index (χ1) is 13.7. The predicted molar refractivity (Wildman–Crippen MR) is 103 cm³/mol. The van der Waals surface area contributed by atoms with Gasteiger partial charge in [-0.15, -0.1) is 0 Å². The summed E-state index contributed by atoms with van der Waals surface area (Å²) in [5.41, 5.74) is -1.07. The molecule has 1 heterocycles. The second-order valence-electron chi connectivity index (χ2n) is 6.47. The third-order valence-corrected chi connectivity index (χ3v) is 3.88. The number of nitrogens with zero attached hydrogens (tertiary/aromatic N) is 1. The maximum absolute atomic E-state index is 12.2. The molecule has 0 aliphatic heterocycles. The number of esters is 1. The topological polar surface area (TPSA) is 129 Å². The van der Waals surface area contributed by atoms with Gasteiger partial charge in [0.05, 0.1) is 10.5 Å². The van der Waals surface area contributed by atoms with Gasteiger partial charge in [-0.3, -0.25) is 14.9 Å². The fourth-order valence-corrected chi connectivity index (χ4v) is 2.57. The summed E-state index contributed by atoms with van der Waals surface area (Å²) in [5.74, 6) is -1.27. The third kappa shape index (κ3) is 4.46. The van der Waals surface area contributed by atoms with Gasteiger partial charge in [-0.2, -0.15) is 0 Å². The van der Waals surface area contributed by atoms with E-state index in [0.717, 1.165) is 6.07 Å². The molecule has 9 nitrogen and oxygen atoms in total. The minimum atomic E-state index is -0.821. The van der Waals surface area contributed by atoms with Crippen LogP contribution in [0, 0.1) is 10.1 Å². The van der Waals surface area contributed by atoms with Crippen molar-refractivity contribution in [2.75, 3.05) is 0 Å². The minimum Gasteiger partial charge on any atom is -0.423 e. The number of hydrogen-bond donors (Lipinski definition) is 1. The highest BCUT2D eigenvalue weighted by atomic mass is 16.6. The number of amides is 1. The summed E-state index contributed by atoms with van der Waals surface area (Å²) < 4.78 is 10.4. The van der Waals surface area contributed by atoms with Crippen molar-refractivity contribution in [3.63, 3.8) is 0 Å². The van der Waals surface area contributed by atoms with Crippen LogP contribution in [0.1, 0.15) is 34.6 Å². The van der Waals surface area contributed by atoms with Gasteiger partial charge < -0.3 is 14.5 Å². The number of nitro groups is 1. The van der Waals surface area contributed by atoms with Gasteiger partial charge in [-0.1, -0.05) is 6.07 Å². The zero-order chi connectivity index (χ0) is 21.1. The lowest BCUT2D eigenvalue weighted by molar-refractivity contribution is -0.384. The number of carbonyl (C=O) groups is 2. The normalized spacial score (nSPS) is 10.7. The molecule has 0 aliphatic rings. The van der Waals surface area contributed by atoms with E-state index in [4.69, 9.17) is 9.15 Å². The molecule has 29 heavy (non-hydrogen) atoms. The van der Waals surface area contributed by atoms with Gasteiger partial charge in [-0.25, -0.2) is 9.59 Å². The summed E-state index contributed by atoms with van der Waals surface area (Å²) in [6.45, 7) is 3.53. The summed E-state index contributed by atoms with van der Waals surface area (Å²) in [5, 5.41) is 13.9. The van der Waals surface area contributed by atoms with Crippen LogP contribution >= 0.6 is 0 Å². The Labute approximate surface area is 164 Å². The highest BCUT2D eigenvalue weighted by Crippen LogP contribution is 2.22. The van der Waals surface area contributed by atoms with Crippen molar-refractivity contribution in [3.8, 4) is 5.75 Å². The summed E-state index contributed by atoms with van der Waals surface area (Å²) in [4.78, 5) is 46.7. The molecule has 1 N–H and O–H groups in total. The summed E-state index contributed by atoms with van der Waals surface area (Å²) >= 11 is 0.